The van der Waals surface area contributed by atoms with E-state index in [0.717, 1.165) is 24.3 Å². The number of carbonyl (C=O) groups is 1. The summed E-state index contributed by atoms with van der Waals surface area (Å²) in [5.74, 6) is 0.221. The van der Waals surface area contributed by atoms with Crippen LogP contribution in [-0.4, -0.2) is 53.8 Å². The third-order valence-electron chi connectivity index (χ3n) is 4.36. The zero-order valence-electron chi connectivity index (χ0n) is 14.6. The van der Waals surface area contributed by atoms with Crippen molar-refractivity contribution >= 4 is 5.91 Å². The average molecular weight is 344 g/mol. The molecule has 7 heteroatoms. The maximum Gasteiger partial charge on any atom is 0.289 e. The number of hydrogen-bond donors (Lipinski definition) is 1. The van der Waals surface area contributed by atoms with E-state index in [1.54, 1.807) is 12.3 Å². The molecule has 0 radical (unpaired) electrons. The molecule has 1 fully saturated rings. The summed E-state index contributed by atoms with van der Waals surface area (Å²) in [5, 5.41) is 6.90. The molecule has 1 aliphatic rings. The number of carbonyl (C=O) groups excluding carboxylic acids is 1. The SMILES string of the molecule is CC(C)c1cc(C(=O)NC[C@@H](c2cccnc2)N2CCOCC2)on1. The van der Waals surface area contributed by atoms with Gasteiger partial charge in [-0.15, -0.1) is 0 Å². The van der Waals surface area contributed by atoms with Crippen LogP contribution >= 0.6 is 0 Å². The Bertz CT molecular complexity index is 681. The first-order chi connectivity index (χ1) is 12.1. The summed E-state index contributed by atoms with van der Waals surface area (Å²) >= 11 is 0. The van der Waals surface area contributed by atoms with E-state index in [1.807, 2.05) is 32.2 Å². The normalized spacial score (nSPS) is 16.8. The molecule has 1 atom stereocenters. The van der Waals surface area contributed by atoms with Crippen LogP contribution in [0.4, 0.5) is 0 Å². The molecule has 1 N–H and O–H groups in total. The van der Waals surface area contributed by atoms with Gasteiger partial charge in [0.15, 0.2) is 0 Å². The van der Waals surface area contributed by atoms with Crippen LogP contribution < -0.4 is 5.32 Å². The van der Waals surface area contributed by atoms with E-state index in [1.165, 1.54) is 0 Å². The van der Waals surface area contributed by atoms with Gasteiger partial charge in [0.1, 0.15) is 0 Å². The Labute approximate surface area is 147 Å². The summed E-state index contributed by atoms with van der Waals surface area (Å²) in [5.41, 5.74) is 1.85. The number of nitrogens with one attached hydrogen (secondary N) is 1. The van der Waals surface area contributed by atoms with E-state index < -0.39 is 0 Å². The van der Waals surface area contributed by atoms with Gasteiger partial charge in [0.05, 0.1) is 24.9 Å². The van der Waals surface area contributed by atoms with E-state index in [9.17, 15) is 4.79 Å². The second-order valence-corrected chi connectivity index (χ2v) is 6.43. The summed E-state index contributed by atoms with van der Waals surface area (Å²) in [6.45, 7) is 7.55. The van der Waals surface area contributed by atoms with Crippen molar-refractivity contribution in [2.45, 2.75) is 25.8 Å². The number of pyridine rings is 1. The molecule has 134 valence electrons. The van der Waals surface area contributed by atoms with Crippen molar-refractivity contribution in [1.29, 1.82) is 0 Å². The van der Waals surface area contributed by atoms with Crippen molar-refractivity contribution in [3.63, 3.8) is 0 Å². The van der Waals surface area contributed by atoms with Gasteiger partial charge in [-0.3, -0.25) is 14.7 Å². The molecule has 0 unspecified atom stereocenters. The predicted molar refractivity (Wildman–Crippen MR) is 92.3 cm³/mol. The molecule has 1 saturated heterocycles. The Morgan fingerprint density at radius 1 is 1.36 bits per heavy atom. The van der Waals surface area contributed by atoms with Crippen LogP contribution in [0.5, 0.6) is 0 Å². The first kappa shape index (κ1) is 17.6. The highest BCUT2D eigenvalue weighted by Crippen LogP contribution is 2.21. The Morgan fingerprint density at radius 2 is 2.16 bits per heavy atom. The van der Waals surface area contributed by atoms with Gasteiger partial charge in [0, 0.05) is 38.1 Å². The molecule has 2 aromatic heterocycles. The Kier molecular flexibility index (Phi) is 5.78. The zero-order valence-corrected chi connectivity index (χ0v) is 14.6. The molecule has 7 nitrogen and oxygen atoms in total. The lowest BCUT2D eigenvalue weighted by atomic mass is 10.1. The van der Waals surface area contributed by atoms with E-state index in [0.29, 0.717) is 19.8 Å². The van der Waals surface area contributed by atoms with Gasteiger partial charge in [-0.25, -0.2) is 0 Å². The molecule has 3 heterocycles. The van der Waals surface area contributed by atoms with Crippen molar-refractivity contribution in [2.75, 3.05) is 32.8 Å². The van der Waals surface area contributed by atoms with Crippen molar-refractivity contribution in [2.24, 2.45) is 0 Å². The fourth-order valence-electron chi connectivity index (χ4n) is 2.86. The van der Waals surface area contributed by atoms with Crippen LogP contribution in [0.2, 0.25) is 0 Å². The molecule has 0 saturated carbocycles. The van der Waals surface area contributed by atoms with Crippen LogP contribution in [0.3, 0.4) is 0 Å². The Morgan fingerprint density at radius 3 is 2.80 bits per heavy atom. The van der Waals surface area contributed by atoms with Crippen LogP contribution in [0.15, 0.2) is 35.1 Å². The molecule has 1 amide bonds. The number of amides is 1. The lowest BCUT2D eigenvalue weighted by Crippen LogP contribution is -2.43. The maximum atomic E-state index is 12.4. The minimum Gasteiger partial charge on any atom is -0.379 e. The Hall–Kier alpha value is -2.25. The second kappa shape index (κ2) is 8.22. The van der Waals surface area contributed by atoms with Gasteiger partial charge in [-0.05, 0) is 17.5 Å². The highest BCUT2D eigenvalue weighted by Gasteiger charge is 2.24. The highest BCUT2D eigenvalue weighted by atomic mass is 16.5. The summed E-state index contributed by atoms with van der Waals surface area (Å²) in [6, 6.07) is 5.70. The molecule has 1 aliphatic heterocycles. The largest absolute Gasteiger partial charge is 0.379 e. The standard InChI is InChI=1S/C18H24N4O3/c1-13(2)15-10-17(25-21-15)18(23)20-12-16(14-4-3-5-19-11-14)22-6-8-24-9-7-22/h3-5,10-11,13,16H,6-9,12H2,1-2H3,(H,20,23)/t16-/m0/s1. The lowest BCUT2D eigenvalue weighted by Gasteiger charge is -2.34. The first-order valence-electron chi connectivity index (χ1n) is 8.61. The molecule has 0 aliphatic carbocycles. The summed E-state index contributed by atoms with van der Waals surface area (Å²) in [6.07, 6.45) is 3.60. The van der Waals surface area contributed by atoms with Gasteiger partial charge in [-0.2, -0.15) is 0 Å². The van der Waals surface area contributed by atoms with Crippen molar-refractivity contribution in [3.05, 3.63) is 47.6 Å². The molecule has 25 heavy (non-hydrogen) atoms. The van der Waals surface area contributed by atoms with Crippen molar-refractivity contribution < 1.29 is 14.1 Å². The minimum absolute atomic E-state index is 0.0500. The summed E-state index contributed by atoms with van der Waals surface area (Å²) in [4.78, 5) is 18.9. The topological polar surface area (TPSA) is 80.5 Å². The molecular formula is C18H24N4O3. The number of hydrogen-bond acceptors (Lipinski definition) is 6. The third kappa shape index (κ3) is 4.43. The van der Waals surface area contributed by atoms with Gasteiger partial charge >= 0.3 is 0 Å². The quantitative estimate of drug-likeness (QED) is 0.863. The molecular weight excluding hydrogens is 320 g/mol. The number of nitrogens with zero attached hydrogens (tertiary/aromatic N) is 3. The minimum atomic E-state index is -0.249. The van der Waals surface area contributed by atoms with Crippen LogP contribution in [-0.2, 0) is 4.74 Å². The van der Waals surface area contributed by atoms with E-state index in [-0.39, 0.29) is 23.6 Å². The van der Waals surface area contributed by atoms with Crippen molar-refractivity contribution in [3.8, 4) is 0 Å². The Balaban J connectivity index is 1.68. The maximum absolute atomic E-state index is 12.4. The zero-order chi connectivity index (χ0) is 17.6. The number of aromatic nitrogens is 2. The van der Waals surface area contributed by atoms with Gasteiger partial charge in [-0.1, -0.05) is 25.1 Å². The predicted octanol–water partition coefficient (Wildman–Crippen LogP) is 2.00. The van der Waals surface area contributed by atoms with Crippen LogP contribution in [0.25, 0.3) is 0 Å². The third-order valence-corrected chi connectivity index (χ3v) is 4.36. The van der Waals surface area contributed by atoms with E-state index in [2.05, 4.69) is 20.4 Å². The summed E-state index contributed by atoms with van der Waals surface area (Å²) < 4.78 is 10.6. The monoisotopic (exact) mass is 344 g/mol. The second-order valence-electron chi connectivity index (χ2n) is 6.43. The molecule has 0 spiro atoms. The van der Waals surface area contributed by atoms with E-state index >= 15 is 0 Å². The van der Waals surface area contributed by atoms with Gasteiger partial charge in [0.2, 0.25) is 5.76 Å². The highest BCUT2D eigenvalue weighted by molar-refractivity contribution is 5.91. The lowest BCUT2D eigenvalue weighted by molar-refractivity contribution is 0.0161. The van der Waals surface area contributed by atoms with E-state index in [4.69, 9.17) is 9.26 Å². The number of morpholine rings is 1. The smallest absolute Gasteiger partial charge is 0.289 e. The van der Waals surface area contributed by atoms with Gasteiger partial charge < -0.3 is 14.6 Å². The summed E-state index contributed by atoms with van der Waals surface area (Å²) in [7, 11) is 0. The number of rotatable bonds is 6. The van der Waals surface area contributed by atoms with Crippen molar-refractivity contribution in [1.82, 2.24) is 20.4 Å². The fourth-order valence-corrected chi connectivity index (χ4v) is 2.86. The average Bonchev–Trinajstić information content (AvgIpc) is 3.14. The molecule has 2 aromatic rings. The first-order valence-corrected chi connectivity index (χ1v) is 8.61. The van der Waals surface area contributed by atoms with Crippen LogP contribution in [0, 0.1) is 0 Å². The van der Waals surface area contributed by atoms with Gasteiger partial charge in [0.25, 0.3) is 5.91 Å². The van der Waals surface area contributed by atoms with Crippen LogP contribution in [0.1, 0.15) is 47.6 Å². The fraction of sp³-hybridized carbons (Fsp3) is 0.500. The molecule has 0 aromatic carbocycles. The number of ether oxygens (including phenoxy) is 1. The molecule has 3 rings (SSSR count). The molecule has 0 bridgehead atoms.